The molecule has 1 fully saturated rings. The summed E-state index contributed by atoms with van der Waals surface area (Å²) < 4.78 is 64.4. The van der Waals surface area contributed by atoms with Crippen LogP contribution in [0, 0.1) is 0 Å². The van der Waals surface area contributed by atoms with Crippen LogP contribution in [0.4, 0.5) is 13.2 Å². The number of nitrogens with zero attached hydrogens (tertiary/aromatic N) is 2. The number of phenols is 1. The van der Waals surface area contributed by atoms with Gasteiger partial charge in [-0.15, -0.1) is 0 Å². The van der Waals surface area contributed by atoms with Gasteiger partial charge in [0.1, 0.15) is 17.1 Å². The number of para-hydroxylation sites is 1. The molecule has 2 aliphatic rings. The summed E-state index contributed by atoms with van der Waals surface area (Å²) in [7, 11) is 0. The molecule has 3 aromatic carbocycles. The van der Waals surface area contributed by atoms with E-state index in [1.54, 1.807) is 18.2 Å². The Bertz CT molecular complexity index is 1670. The van der Waals surface area contributed by atoms with Crippen molar-refractivity contribution in [2.75, 3.05) is 33.0 Å². The standard InChI is InChI=1S/C29H24BrF3N2O6/c30-20-3-1-2-4-22(20)40-27-25(37)18-6-7-21(36)19(26(18)41-28(27)29(31,32)33)15-35-11-9-34(10-12-35)14-17-5-8-23-24(13-17)39-16-38-23/h1-8,13,36H,9-12,14-16H2. The summed E-state index contributed by atoms with van der Waals surface area (Å²) in [5.41, 5.74) is -0.105. The Kier molecular flexibility index (Phi) is 7.30. The fraction of sp³-hybridized carbons (Fsp3) is 0.276. The van der Waals surface area contributed by atoms with Gasteiger partial charge in [0.2, 0.25) is 18.0 Å². The second kappa shape index (κ2) is 10.9. The molecule has 3 heterocycles. The number of piperazine rings is 1. The normalized spacial score (nSPS) is 15.9. The molecule has 8 nitrogen and oxygen atoms in total. The average molecular weight is 633 g/mol. The minimum Gasteiger partial charge on any atom is -0.507 e. The Morgan fingerprint density at radius 1 is 0.927 bits per heavy atom. The number of rotatable bonds is 6. The number of hydrogen-bond acceptors (Lipinski definition) is 8. The molecule has 0 atom stereocenters. The van der Waals surface area contributed by atoms with Gasteiger partial charge >= 0.3 is 6.18 Å². The first kappa shape index (κ1) is 27.4. The molecule has 0 amide bonds. The van der Waals surface area contributed by atoms with Crippen LogP contribution >= 0.6 is 15.9 Å². The number of aromatic hydroxyl groups is 1. The van der Waals surface area contributed by atoms with Crippen molar-refractivity contribution in [2.24, 2.45) is 0 Å². The third-order valence-corrected chi connectivity index (χ3v) is 7.75. The molecular weight excluding hydrogens is 609 g/mol. The van der Waals surface area contributed by atoms with Crippen molar-refractivity contribution < 1.29 is 36.9 Å². The Hall–Kier alpha value is -3.74. The number of fused-ring (bicyclic) bond motifs is 2. The second-order valence-corrected chi connectivity index (χ2v) is 10.7. The lowest BCUT2D eigenvalue weighted by atomic mass is 10.1. The van der Waals surface area contributed by atoms with Crippen molar-refractivity contribution in [3.63, 3.8) is 0 Å². The molecular formula is C29H24BrF3N2O6. The van der Waals surface area contributed by atoms with E-state index in [0.29, 0.717) is 37.2 Å². The maximum atomic E-state index is 14.1. The van der Waals surface area contributed by atoms with Gasteiger partial charge < -0.3 is 23.7 Å². The number of ether oxygens (including phenoxy) is 3. The molecule has 0 radical (unpaired) electrons. The lowest BCUT2D eigenvalue weighted by Gasteiger charge is -2.35. The van der Waals surface area contributed by atoms with E-state index in [1.807, 2.05) is 23.1 Å². The summed E-state index contributed by atoms with van der Waals surface area (Å²) in [6.45, 7) is 3.60. The minimum atomic E-state index is -5.02. The maximum Gasteiger partial charge on any atom is 0.453 e. The summed E-state index contributed by atoms with van der Waals surface area (Å²) in [6, 6.07) is 14.6. The molecule has 1 N–H and O–H groups in total. The van der Waals surface area contributed by atoms with E-state index in [4.69, 9.17) is 18.6 Å². The Balaban J connectivity index is 1.25. The van der Waals surface area contributed by atoms with Crippen molar-refractivity contribution in [3.8, 4) is 28.7 Å². The van der Waals surface area contributed by atoms with Gasteiger partial charge in [0, 0.05) is 39.3 Å². The molecule has 12 heteroatoms. The Morgan fingerprint density at radius 2 is 1.63 bits per heavy atom. The fourth-order valence-electron chi connectivity index (χ4n) is 4.98. The highest BCUT2D eigenvalue weighted by Crippen LogP contribution is 2.41. The molecule has 41 heavy (non-hydrogen) atoms. The predicted octanol–water partition coefficient (Wildman–Crippen LogP) is 6.12. The fourth-order valence-corrected chi connectivity index (χ4v) is 5.35. The second-order valence-electron chi connectivity index (χ2n) is 9.80. The molecule has 1 aromatic heterocycles. The summed E-state index contributed by atoms with van der Waals surface area (Å²) in [6.07, 6.45) is -5.02. The zero-order valence-corrected chi connectivity index (χ0v) is 23.1. The highest BCUT2D eigenvalue weighted by molar-refractivity contribution is 9.10. The number of hydrogen-bond donors (Lipinski definition) is 1. The third kappa shape index (κ3) is 5.59. The van der Waals surface area contributed by atoms with Crippen LogP contribution in [0.15, 0.2) is 68.3 Å². The van der Waals surface area contributed by atoms with Crippen LogP contribution in [-0.2, 0) is 19.3 Å². The van der Waals surface area contributed by atoms with Gasteiger partial charge in [-0.1, -0.05) is 18.2 Å². The van der Waals surface area contributed by atoms with Crippen LogP contribution in [0.25, 0.3) is 11.0 Å². The molecule has 1 saturated heterocycles. The van der Waals surface area contributed by atoms with Crippen LogP contribution in [0.2, 0.25) is 0 Å². The van der Waals surface area contributed by atoms with Crippen molar-refractivity contribution in [1.29, 1.82) is 0 Å². The Labute approximate surface area is 240 Å². The van der Waals surface area contributed by atoms with Crippen LogP contribution < -0.4 is 19.6 Å². The number of halogens is 4. The van der Waals surface area contributed by atoms with Crippen molar-refractivity contribution in [3.05, 3.63) is 86.2 Å². The summed E-state index contributed by atoms with van der Waals surface area (Å²) in [4.78, 5) is 17.6. The highest BCUT2D eigenvalue weighted by atomic mass is 79.9. The lowest BCUT2D eigenvalue weighted by Crippen LogP contribution is -2.45. The van der Waals surface area contributed by atoms with Crippen LogP contribution in [0.1, 0.15) is 16.9 Å². The minimum absolute atomic E-state index is 0.0299. The van der Waals surface area contributed by atoms with Gasteiger partial charge in [-0.2, -0.15) is 13.2 Å². The molecule has 4 aromatic rings. The predicted molar refractivity (Wildman–Crippen MR) is 146 cm³/mol. The summed E-state index contributed by atoms with van der Waals surface area (Å²) >= 11 is 3.22. The van der Waals surface area contributed by atoms with Crippen LogP contribution in [-0.4, -0.2) is 47.9 Å². The molecule has 0 unspecified atom stereocenters. The molecule has 0 bridgehead atoms. The molecule has 2 aliphatic heterocycles. The smallest absolute Gasteiger partial charge is 0.453 e. The average Bonchev–Trinajstić information content (AvgIpc) is 3.41. The van der Waals surface area contributed by atoms with Crippen molar-refractivity contribution in [1.82, 2.24) is 9.80 Å². The monoisotopic (exact) mass is 632 g/mol. The van der Waals surface area contributed by atoms with Crippen LogP contribution in [0.5, 0.6) is 28.7 Å². The molecule has 0 aliphatic carbocycles. The zero-order valence-electron chi connectivity index (χ0n) is 21.5. The number of benzene rings is 3. The topological polar surface area (TPSA) is 84.6 Å². The quantitative estimate of drug-likeness (QED) is 0.272. The molecule has 214 valence electrons. The summed E-state index contributed by atoms with van der Waals surface area (Å²) in [5.74, 6) is -1.31. The molecule has 6 rings (SSSR count). The first-order chi connectivity index (χ1) is 19.7. The van der Waals surface area contributed by atoms with Gasteiger partial charge in [-0.05, 0) is 57.9 Å². The van der Waals surface area contributed by atoms with E-state index >= 15 is 0 Å². The SMILES string of the molecule is O=c1c(Oc2ccccc2Br)c(C(F)(F)F)oc2c(CN3CCN(Cc4ccc5c(c4)OCO5)CC3)c(O)ccc12. The Morgan fingerprint density at radius 3 is 2.37 bits per heavy atom. The van der Waals surface area contributed by atoms with E-state index in [1.165, 1.54) is 18.2 Å². The third-order valence-electron chi connectivity index (χ3n) is 7.09. The summed E-state index contributed by atoms with van der Waals surface area (Å²) in [5, 5.41) is 10.5. The van der Waals surface area contributed by atoms with Gasteiger partial charge in [-0.25, -0.2) is 0 Å². The highest BCUT2D eigenvalue weighted by Gasteiger charge is 2.41. The first-order valence-corrected chi connectivity index (χ1v) is 13.6. The van der Waals surface area contributed by atoms with E-state index < -0.39 is 23.1 Å². The van der Waals surface area contributed by atoms with Crippen molar-refractivity contribution >= 4 is 26.9 Å². The van der Waals surface area contributed by atoms with Crippen molar-refractivity contribution in [2.45, 2.75) is 19.3 Å². The van der Waals surface area contributed by atoms with E-state index in [0.717, 1.165) is 17.1 Å². The lowest BCUT2D eigenvalue weighted by molar-refractivity contribution is -0.154. The number of alkyl halides is 3. The van der Waals surface area contributed by atoms with Gasteiger partial charge in [0.15, 0.2) is 11.5 Å². The van der Waals surface area contributed by atoms with E-state index in [2.05, 4.69) is 20.8 Å². The largest absolute Gasteiger partial charge is 0.507 e. The first-order valence-electron chi connectivity index (χ1n) is 12.8. The maximum absolute atomic E-state index is 14.1. The van der Waals surface area contributed by atoms with Gasteiger partial charge in [0.25, 0.3) is 5.76 Å². The number of phenolic OH excluding ortho intramolecular Hbond substituents is 1. The molecule has 0 spiro atoms. The van der Waals surface area contributed by atoms with E-state index in [-0.39, 0.29) is 41.4 Å². The van der Waals surface area contributed by atoms with Gasteiger partial charge in [0.05, 0.1) is 15.4 Å². The van der Waals surface area contributed by atoms with Crippen LogP contribution in [0.3, 0.4) is 0 Å². The zero-order chi connectivity index (χ0) is 28.7. The van der Waals surface area contributed by atoms with Gasteiger partial charge in [-0.3, -0.25) is 14.6 Å². The van der Waals surface area contributed by atoms with E-state index in [9.17, 15) is 23.1 Å². The molecule has 0 saturated carbocycles.